The van der Waals surface area contributed by atoms with Crippen LogP contribution in [0.15, 0.2) is 97.1 Å². The van der Waals surface area contributed by atoms with Crippen molar-refractivity contribution in [2.24, 2.45) is 11.8 Å². The summed E-state index contributed by atoms with van der Waals surface area (Å²) in [5.41, 5.74) is 0.455. The molecule has 0 saturated carbocycles. The minimum atomic E-state index is -1.05. The Morgan fingerprint density at radius 2 is 1.32 bits per heavy atom. The van der Waals surface area contributed by atoms with E-state index < -0.39 is 37.9 Å². The van der Waals surface area contributed by atoms with Gasteiger partial charge in [0.15, 0.2) is 0 Å². The maximum atomic E-state index is 13.8. The van der Waals surface area contributed by atoms with Crippen LogP contribution in [0.2, 0.25) is 0 Å². The number of allylic oxidation sites excluding steroid dienone is 1. The van der Waals surface area contributed by atoms with Crippen LogP contribution in [0.1, 0.15) is 44.5 Å². The molecule has 3 rings (SSSR count). The molecular weight excluding hydrogens is 523 g/mol. The molecule has 0 aromatic heterocycles. The zero-order valence-corrected chi connectivity index (χ0v) is 24.4. The average Bonchev–Trinajstić information content (AvgIpc) is 2.97. The van der Waals surface area contributed by atoms with Crippen molar-refractivity contribution < 1.29 is 28.6 Å². The molecule has 0 aliphatic carbocycles. The summed E-state index contributed by atoms with van der Waals surface area (Å²) in [6.07, 6.45) is 2.67. The van der Waals surface area contributed by atoms with Crippen molar-refractivity contribution in [1.82, 2.24) is 0 Å². The van der Waals surface area contributed by atoms with Crippen molar-refractivity contribution in [2.75, 3.05) is 13.2 Å². The fraction of sp³-hybridized carbons (Fsp3) is 0.303. The van der Waals surface area contributed by atoms with E-state index in [1.807, 2.05) is 61.5 Å². The summed E-state index contributed by atoms with van der Waals surface area (Å²) in [6.45, 7) is 7.58. The lowest BCUT2D eigenvalue weighted by molar-refractivity contribution is -0.152. The Morgan fingerprint density at radius 1 is 0.775 bits per heavy atom. The zero-order valence-electron chi connectivity index (χ0n) is 23.5. The first-order valence-corrected chi connectivity index (χ1v) is 14.9. The maximum Gasteiger partial charge on any atom is 0.339 e. The van der Waals surface area contributed by atoms with E-state index in [1.165, 1.54) is 6.08 Å². The lowest BCUT2D eigenvalue weighted by Crippen LogP contribution is -2.37. The van der Waals surface area contributed by atoms with Gasteiger partial charge in [-0.05, 0) is 63.0 Å². The lowest BCUT2D eigenvalue weighted by Gasteiger charge is -2.29. The molecule has 0 unspecified atom stereocenters. The van der Waals surface area contributed by atoms with Crippen molar-refractivity contribution in [2.45, 2.75) is 40.2 Å². The molecule has 6 nitrogen and oxygen atoms in total. The molecule has 0 N–H and O–H groups in total. The zero-order chi connectivity index (χ0) is 28.9. The molecule has 7 heteroatoms. The molecule has 3 atom stereocenters. The monoisotopic (exact) mass is 560 g/mol. The molecule has 0 aliphatic rings. The van der Waals surface area contributed by atoms with Crippen molar-refractivity contribution in [3.05, 3.63) is 103 Å². The summed E-state index contributed by atoms with van der Waals surface area (Å²) in [7, 11) is -1.05. The highest BCUT2D eigenvalue weighted by Crippen LogP contribution is 2.34. The first-order valence-electron chi connectivity index (χ1n) is 13.6. The summed E-state index contributed by atoms with van der Waals surface area (Å²) in [6, 6.07) is 27.7. The topological polar surface area (TPSA) is 78.9 Å². The molecule has 0 bridgehead atoms. The van der Waals surface area contributed by atoms with Crippen molar-refractivity contribution in [3.8, 4) is 0 Å². The Bertz CT molecular complexity index is 1230. The third-order valence-electron chi connectivity index (χ3n) is 6.40. The summed E-state index contributed by atoms with van der Waals surface area (Å²) in [5, 5.41) is 3.09. The predicted octanol–water partition coefficient (Wildman–Crippen LogP) is 5.31. The van der Waals surface area contributed by atoms with E-state index >= 15 is 0 Å². The van der Waals surface area contributed by atoms with Gasteiger partial charge >= 0.3 is 17.9 Å². The van der Waals surface area contributed by atoms with Crippen LogP contribution in [0.4, 0.5) is 0 Å². The Hall–Kier alpha value is -3.76. The van der Waals surface area contributed by atoms with Gasteiger partial charge in [0.1, 0.15) is 6.10 Å². The molecule has 210 valence electrons. The summed E-state index contributed by atoms with van der Waals surface area (Å²) in [4.78, 5) is 38.3. The molecule has 0 heterocycles. The first-order chi connectivity index (χ1) is 19.4. The smallest absolute Gasteiger partial charge is 0.339 e. The molecule has 3 aromatic carbocycles. The van der Waals surface area contributed by atoms with Crippen LogP contribution in [-0.4, -0.2) is 37.2 Å². The van der Waals surface area contributed by atoms with Crippen LogP contribution >= 0.6 is 7.92 Å². The number of hydrogen-bond donors (Lipinski definition) is 0. The standard InChI is InChI=1S/C33H37O6P/c1-5-37-30(34)23-15-16-24(3)31(25(4)32(35)38-6-2)39-33(36)28-21-13-14-22-29(28)40(26-17-9-7-10-18-26)27-19-11-8-12-20-27/h7-15,17-25,31H,5-6,16H2,1-4H3/b23-15+/t24-,25+,31+/m1/s1. The van der Waals surface area contributed by atoms with Crippen LogP contribution in [0.3, 0.4) is 0 Å². The third kappa shape index (κ3) is 8.37. The minimum Gasteiger partial charge on any atom is -0.466 e. The van der Waals surface area contributed by atoms with E-state index in [9.17, 15) is 14.4 Å². The van der Waals surface area contributed by atoms with Gasteiger partial charge in [-0.1, -0.05) is 91.9 Å². The van der Waals surface area contributed by atoms with Crippen molar-refractivity contribution in [3.63, 3.8) is 0 Å². The van der Waals surface area contributed by atoms with Crippen LogP contribution in [0.5, 0.6) is 0 Å². The van der Waals surface area contributed by atoms with Crippen LogP contribution in [0.25, 0.3) is 0 Å². The lowest BCUT2D eigenvalue weighted by atomic mass is 9.90. The second-order valence-corrected chi connectivity index (χ2v) is 11.5. The van der Waals surface area contributed by atoms with Crippen LogP contribution in [0, 0.1) is 11.8 Å². The third-order valence-corrected chi connectivity index (χ3v) is 8.90. The van der Waals surface area contributed by atoms with Gasteiger partial charge in [-0.15, -0.1) is 0 Å². The van der Waals surface area contributed by atoms with Gasteiger partial charge in [0, 0.05) is 6.08 Å². The number of rotatable bonds is 13. The highest BCUT2D eigenvalue weighted by Gasteiger charge is 2.34. The fourth-order valence-electron chi connectivity index (χ4n) is 4.43. The summed E-state index contributed by atoms with van der Waals surface area (Å²) < 4.78 is 16.3. The van der Waals surface area contributed by atoms with E-state index in [0.717, 1.165) is 15.9 Å². The SMILES string of the molecule is CCOC(=O)/C=C/C[C@@H](C)[C@H](OC(=O)c1ccccc1P(c1ccccc1)c1ccccc1)[C@H](C)C(=O)OCC. The number of ether oxygens (including phenoxy) is 3. The molecule has 0 spiro atoms. The highest BCUT2D eigenvalue weighted by atomic mass is 31.1. The molecule has 0 radical (unpaired) electrons. The average molecular weight is 561 g/mol. The Labute approximate surface area is 238 Å². The van der Waals surface area contributed by atoms with E-state index in [1.54, 1.807) is 32.9 Å². The van der Waals surface area contributed by atoms with Crippen LogP contribution in [-0.2, 0) is 23.8 Å². The minimum absolute atomic E-state index is 0.224. The van der Waals surface area contributed by atoms with Crippen LogP contribution < -0.4 is 15.9 Å². The maximum absolute atomic E-state index is 13.8. The molecule has 0 fully saturated rings. The van der Waals surface area contributed by atoms with Gasteiger partial charge in [-0.3, -0.25) is 4.79 Å². The number of carbonyl (C=O) groups is 3. The second-order valence-electron chi connectivity index (χ2n) is 9.30. The van der Waals surface area contributed by atoms with Crippen molar-refractivity contribution in [1.29, 1.82) is 0 Å². The fourth-order valence-corrected chi connectivity index (χ4v) is 6.87. The predicted molar refractivity (Wildman–Crippen MR) is 160 cm³/mol. The molecule has 40 heavy (non-hydrogen) atoms. The van der Waals surface area contributed by atoms with Gasteiger partial charge in [0.2, 0.25) is 0 Å². The number of esters is 3. The quantitative estimate of drug-likeness (QED) is 0.122. The van der Waals surface area contributed by atoms with E-state index in [0.29, 0.717) is 12.0 Å². The second kappa shape index (κ2) is 15.7. The highest BCUT2D eigenvalue weighted by molar-refractivity contribution is 7.80. The summed E-state index contributed by atoms with van der Waals surface area (Å²) in [5.74, 6) is -2.36. The van der Waals surface area contributed by atoms with Crippen molar-refractivity contribution >= 4 is 41.7 Å². The summed E-state index contributed by atoms with van der Waals surface area (Å²) >= 11 is 0. The normalized spacial score (nSPS) is 13.4. The van der Waals surface area contributed by atoms with Gasteiger partial charge < -0.3 is 14.2 Å². The Balaban J connectivity index is 1.96. The number of hydrogen-bond acceptors (Lipinski definition) is 6. The van der Waals surface area contributed by atoms with Gasteiger partial charge in [0.05, 0.1) is 24.7 Å². The van der Waals surface area contributed by atoms with Gasteiger partial charge in [0.25, 0.3) is 0 Å². The Morgan fingerprint density at radius 3 is 1.90 bits per heavy atom. The van der Waals surface area contributed by atoms with E-state index in [-0.39, 0.29) is 19.1 Å². The van der Waals surface area contributed by atoms with E-state index in [4.69, 9.17) is 14.2 Å². The largest absolute Gasteiger partial charge is 0.466 e. The Kier molecular flexibility index (Phi) is 12.1. The first kappa shape index (κ1) is 30.8. The molecule has 0 aliphatic heterocycles. The molecule has 0 saturated heterocycles. The molecule has 0 amide bonds. The molecular formula is C33H37O6P. The molecule has 3 aromatic rings. The van der Waals surface area contributed by atoms with Gasteiger partial charge in [-0.2, -0.15) is 0 Å². The van der Waals surface area contributed by atoms with Gasteiger partial charge in [-0.25, -0.2) is 9.59 Å². The number of carbonyl (C=O) groups excluding carboxylic acids is 3. The van der Waals surface area contributed by atoms with E-state index in [2.05, 4.69) is 24.3 Å². The number of benzene rings is 3.